The molecular formula is C38H42ClN3O5S. The molecule has 10 heteroatoms. The third-order valence-electron chi connectivity index (χ3n) is 8.73. The van der Waals surface area contributed by atoms with E-state index in [1.807, 2.05) is 49.4 Å². The van der Waals surface area contributed by atoms with Crippen LogP contribution in [0, 0.1) is 6.92 Å². The van der Waals surface area contributed by atoms with E-state index in [0.29, 0.717) is 10.8 Å². The van der Waals surface area contributed by atoms with Crippen molar-refractivity contribution >= 4 is 39.1 Å². The number of nitrogens with zero attached hydrogens (tertiary/aromatic N) is 2. The van der Waals surface area contributed by atoms with Gasteiger partial charge in [0.05, 0.1) is 17.7 Å². The van der Waals surface area contributed by atoms with E-state index in [9.17, 15) is 18.0 Å². The average molecular weight is 688 g/mol. The van der Waals surface area contributed by atoms with Crippen molar-refractivity contribution in [3.8, 4) is 5.75 Å². The minimum atomic E-state index is -4.25. The van der Waals surface area contributed by atoms with E-state index in [4.69, 9.17) is 16.3 Å². The van der Waals surface area contributed by atoms with Crippen LogP contribution in [0.4, 0.5) is 5.69 Å². The summed E-state index contributed by atoms with van der Waals surface area (Å²) in [6.45, 7) is 1.37. The fourth-order valence-electron chi connectivity index (χ4n) is 6.07. The smallest absolute Gasteiger partial charge is 0.264 e. The molecule has 48 heavy (non-hydrogen) atoms. The summed E-state index contributed by atoms with van der Waals surface area (Å²) in [5.74, 6) is -0.509. The highest BCUT2D eigenvalue weighted by Crippen LogP contribution is 2.33. The van der Waals surface area contributed by atoms with Gasteiger partial charge in [-0.15, -0.1) is 0 Å². The number of hydrogen-bond donors (Lipinski definition) is 1. The van der Waals surface area contributed by atoms with Crippen molar-refractivity contribution in [3.05, 3.63) is 125 Å². The first-order valence-electron chi connectivity index (χ1n) is 16.3. The standard InChI is InChI=1S/C38H42ClN3O5S/c1-28-17-23-33(24-18-28)48(45,46)42(34-15-9-10-16-36(34)47-2)27-37(43)41(26-30-19-21-31(39)22-20-30)35(25-29-11-5-3-6-12-29)38(44)40-32-13-7-4-8-14-32/h3,5-6,9-12,15-24,32,35H,4,7-8,13-14,25-27H2,1-2H3,(H,40,44)/t35-/m1/s1. The van der Waals surface area contributed by atoms with Gasteiger partial charge in [0.2, 0.25) is 11.8 Å². The van der Waals surface area contributed by atoms with Gasteiger partial charge in [0, 0.05) is 24.0 Å². The van der Waals surface area contributed by atoms with E-state index in [0.717, 1.165) is 53.1 Å². The Balaban J connectivity index is 1.58. The molecular weight excluding hydrogens is 646 g/mol. The van der Waals surface area contributed by atoms with Gasteiger partial charge in [0.1, 0.15) is 18.3 Å². The summed E-state index contributed by atoms with van der Waals surface area (Å²) < 4.78 is 35.3. The normalized spacial score (nSPS) is 14.1. The number of hydrogen-bond acceptors (Lipinski definition) is 5. The Hall–Kier alpha value is -4.34. The van der Waals surface area contributed by atoms with Crippen LogP contribution in [0.3, 0.4) is 0 Å². The van der Waals surface area contributed by atoms with E-state index in [-0.39, 0.29) is 35.5 Å². The largest absolute Gasteiger partial charge is 0.495 e. The second-order valence-corrected chi connectivity index (χ2v) is 14.5. The van der Waals surface area contributed by atoms with Gasteiger partial charge < -0.3 is 15.0 Å². The number of halogens is 1. The van der Waals surface area contributed by atoms with Crippen LogP contribution in [0.5, 0.6) is 5.75 Å². The van der Waals surface area contributed by atoms with Crippen LogP contribution in [-0.2, 0) is 32.6 Å². The van der Waals surface area contributed by atoms with Crippen molar-refractivity contribution in [2.45, 2.75) is 69.0 Å². The average Bonchev–Trinajstić information content (AvgIpc) is 3.10. The van der Waals surface area contributed by atoms with Gasteiger partial charge in [-0.25, -0.2) is 8.42 Å². The molecule has 1 N–H and O–H groups in total. The summed E-state index contributed by atoms with van der Waals surface area (Å²) in [7, 11) is -2.80. The molecule has 0 spiro atoms. The van der Waals surface area contributed by atoms with Crippen LogP contribution in [-0.4, -0.2) is 50.9 Å². The summed E-state index contributed by atoms with van der Waals surface area (Å²) >= 11 is 6.19. The lowest BCUT2D eigenvalue weighted by molar-refractivity contribution is -0.140. The molecule has 0 radical (unpaired) electrons. The Labute approximate surface area is 288 Å². The van der Waals surface area contributed by atoms with E-state index >= 15 is 0 Å². The third-order valence-corrected chi connectivity index (χ3v) is 10.8. The summed E-state index contributed by atoms with van der Waals surface area (Å²) in [5.41, 5.74) is 2.74. The molecule has 0 aromatic heterocycles. The molecule has 1 fully saturated rings. The first-order chi connectivity index (χ1) is 23.2. The number of methoxy groups -OCH3 is 1. The van der Waals surface area contributed by atoms with Crippen molar-refractivity contribution in [1.29, 1.82) is 0 Å². The molecule has 0 unspecified atom stereocenters. The molecule has 1 aliphatic rings. The Bertz CT molecular complexity index is 1780. The number of amides is 2. The molecule has 5 rings (SSSR count). The number of rotatable bonds is 13. The van der Waals surface area contributed by atoms with Gasteiger partial charge in [0.25, 0.3) is 10.0 Å². The van der Waals surface area contributed by atoms with E-state index in [2.05, 4.69) is 5.32 Å². The quantitative estimate of drug-likeness (QED) is 0.164. The molecule has 4 aromatic carbocycles. The zero-order chi connectivity index (χ0) is 34.1. The number of nitrogens with one attached hydrogen (secondary N) is 1. The number of carbonyl (C=O) groups is 2. The summed E-state index contributed by atoms with van der Waals surface area (Å²) in [4.78, 5) is 30.5. The van der Waals surface area contributed by atoms with Crippen molar-refractivity contribution < 1.29 is 22.7 Å². The lowest BCUT2D eigenvalue weighted by Crippen LogP contribution is -2.55. The fraction of sp³-hybridized carbons (Fsp3) is 0.316. The lowest BCUT2D eigenvalue weighted by Gasteiger charge is -2.35. The second kappa shape index (κ2) is 16.2. The first-order valence-corrected chi connectivity index (χ1v) is 18.1. The number of benzene rings is 4. The highest BCUT2D eigenvalue weighted by Gasteiger charge is 2.36. The molecule has 0 saturated heterocycles. The van der Waals surface area contributed by atoms with Crippen LogP contribution >= 0.6 is 11.6 Å². The summed E-state index contributed by atoms with van der Waals surface area (Å²) in [6, 6.07) is 28.9. The van der Waals surface area contributed by atoms with Crippen LogP contribution < -0.4 is 14.4 Å². The number of carbonyl (C=O) groups excluding carboxylic acids is 2. The maximum Gasteiger partial charge on any atom is 0.264 e. The minimum Gasteiger partial charge on any atom is -0.495 e. The van der Waals surface area contributed by atoms with Gasteiger partial charge in [-0.1, -0.05) is 103 Å². The Morgan fingerprint density at radius 2 is 1.50 bits per heavy atom. The second-order valence-electron chi connectivity index (χ2n) is 12.2. The highest BCUT2D eigenvalue weighted by atomic mass is 35.5. The van der Waals surface area contributed by atoms with Gasteiger partial charge in [-0.3, -0.25) is 13.9 Å². The van der Waals surface area contributed by atoms with Crippen molar-refractivity contribution in [3.63, 3.8) is 0 Å². The van der Waals surface area contributed by atoms with Crippen molar-refractivity contribution in [2.75, 3.05) is 18.0 Å². The van der Waals surface area contributed by atoms with Crippen LogP contribution in [0.15, 0.2) is 108 Å². The molecule has 1 saturated carbocycles. The SMILES string of the molecule is COc1ccccc1N(CC(=O)N(Cc1ccc(Cl)cc1)[C@H](Cc1ccccc1)C(=O)NC1CCCCC1)S(=O)(=O)c1ccc(C)cc1. The summed E-state index contributed by atoms with van der Waals surface area (Å²) in [5, 5.41) is 3.77. The van der Waals surface area contributed by atoms with Crippen molar-refractivity contribution in [2.24, 2.45) is 0 Å². The third kappa shape index (κ3) is 8.76. The van der Waals surface area contributed by atoms with Crippen LogP contribution in [0.1, 0.15) is 48.8 Å². The van der Waals surface area contributed by atoms with Crippen LogP contribution in [0.25, 0.3) is 0 Å². The molecule has 4 aromatic rings. The van der Waals surface area contributed by atoms with Gasteiger partial charge >= 0.3 is 0 Å². The number of ether oxygens (including phenoxy) is 1. The van der Waals surface area contributed by atoms with E-state index in [1.54, 1.807) is 48.5 Å². The number of sulfonamides is 1. The zero-order valence-electron chi connectivity index (χ0n) is 27.3. The predicted octanol–water partition coefficient (Wildman–Crippen LogP) is 6.94. The molecule has 252 valence electrons. The lowest BCUT2D eigenvalue weighted by atomic mass is 9.94. The van der Waals surface area contributed by atoms with Crippen molar-refractivity contribution in [1.82, 2.24) is 10.2 Å². The van der Waals surface area contributed by atoms with Crippen LogP contribution in [0.2, 0.25) is 5.02 Å². The molecule has 8 nitrogen and oxygen atoms in total. The Kier molecular flexibility index (Phi) is 11.8. The Morgan fingerprint density at radius 3 is 2.17 bits per heavy atom. The number of anilines is 1. The molecule has 1 atom stereocenters. The maximum absolute atomic E-state index is 14.7. The van der Waals surface area contributed by atoms with Gasteiger partial charge in [-0.2, -0.15) is 0 Å². The fourth-order valence-corrected chi connectivity index (χ4v) is 7.62. The molecule has 0 heterocycles. The summed E-state index contributed by atoms with van der Waals surface area (Å²) in [6.07, 6.45) is 5.21. The Morgan fingerprint density at radius 1 is 0.854 bits per heavy atom. The minimum absolute atomic E-state index is 0.0176. The highest BCUT2D eigenvalue weighted by molar-refractivity contribution is 7.92. The monoisotopic (exact) mass is 687 g/mol. The maximum atomic E-state index is 14.7. The molecule has 0 aliphatic heterocycles. The number of para-hydroxylation sites is 2. The van der Waals surface area contributed by atoms with Gasteiger partial charge in [0.15, 0.2) is 0 Å². The predicted molar refractivity (Wildman–Crippen MR) is 190 cm³/mol. The van der Waals surface area contributed by atoms with E-state index in [1.165, 1.54) is 24.1 Å². The molecule has 0 bridgehead atoms. The molecule has 2 amide bonds. The first kappa shape index (κ1) is 35.0. The molecule has 1 aliphatic carbocycles. The topological polar surface area (TPSA) is 96.0 Å². The number of aryl methyl sites for hydroxylation is 1. The zero-order valence-corrected chi connectivity index (χ0v) is 28.9. The van der Waals surface area contributed by atoms with E-state index < -0.39 is 28.5 Å². The van der Waals surface area contributed by atoms with Gasteiger partial charge in [-0.05, 0) is 67.3 Å².